The molecule has 0 fully saturated rings. The smallest absolute Gasteiger partial charge is 0.165 e. The van der Waals surface area contributed by atoms with E-state index >= 15 is 0 Å². The molecule has 100 valence electrons. The number of H-pyrrole nitrogens is 1. The summed E-state index contributed by atoms with van der Waals surface area (Å²) in [6.45, 7) is 4.08. The Morgan fingerprint density at radius 3 is 2.58 bits per heavy atom. The molecule has 0 aliphatic heterocycles. The summed E-state index contributed by atoms with van der Waals surface area (Å²) in [6.07, 6.45) is 6.47. The largest absolute Gasteiger partial charge is 0.358 e. The first kappa shape index (κ1) is 12.5. The molecule has 2 heteroatoms. The summed E-state index contributed by atoms with van der Waals surface area (Å²) in [6, 6.07) is 4.52. The van der Waals surface area contributed by atoms with E-state index in [1.807, 2.05) is 6.92 Å². The van der Waals surface area contributed by atoms with E-state index in [2.05, 4.69) is 24.0 Å². The normalized spacial score (nSPS) is 14.6. The van der Waals surface area contributed by atoms with Crippen molar-refractivity contribution in [2.45, 2.75) is 52.4 Å². The van der Waals surface area contributed by atoms with Crippen molar-refractivity contribution >= 4 is 16.7 Å². The van der Waals surface area contributed by atoms with Crippen molar-refractivity contribution in [3.63, 3.8) is 0 Å². The summed E-state index contributed by atoms with van der Waals surface area (Å²) in [5.41, 5.74) is 6.00. The van der Waals surface area contributed by atoms with Gasteiger partial charge >= 0.3 is 0 Å². The standard InChI is InChI=1S/C17H21NO/c1-3-6-16(19)17-11(2)18-15-10-13-8-5-4-7-12(13)9-14(15)17/h9-10,18H,3-8H2,1-2H3. The number of aromatic amines is 1. The SMILES string of the molecule is CCCC(=O)c1c(C)[nH]c2cc3c(cc12)CCCC3. The van der Waals surface area contributed by atoms with Crippen molar-refractivity contribution in [3.05, 3.63) is 34.5 Å². The van der Waals surface area contributed by atoms with Crippen LogP contribution >= 0.6 is 0 Å². The topological polar surface area (TPSA) is 32.9 Å². The van der Waals surface area contributed by atoms with Gasteiger partial charge < -0.3 is 4.98 Å². The van der Waals surface area contributed by atoms with E-state index < -0.39 is 0 Å². The van der Waals surface area contributed by atoms with E-state index in [4.69, 9.17) is 0 Å². The lowest BCUT2D eigenvalue weighted by Crippen LogP contribution is -2.03. The Labute approximate surface area is 114 Å². The van der Waals surface area contributed by atoms with Crippen LogP contribution in [0, 0.1) is 6.92 Å². The quantitative estimate of drug-likeness (QED) is 0.813. The number of carbonyl (C=O) groups excluding carboxylic acids is 1. The van der Waals surface area contributed by atoms with Gasteiger partial charge in [0.05, 0.1) is 0 Å². The predicted octanol–water partition coefficient (Wildman–Crippen LogP) is 4.34. The highest BCUT2D eigenvalue weighted by molar-refractivity contribution is 6.09. The molecule has 1 aromatic heterocycles. The van der Waals surface area contributed by atoms with Crippen LogP contribution < -0.4 is 0 Å². The van der Waals surface area contributed by atoms with Gasteiger partial charge in [0.25, 0.3) is 0 Å². The van der Waals surface area contributed by atoms with Gasteiger partial charge in [-0.2, -0.15) is 0 Å². The number of carbonyl (C=O) groups is 1. The molecule has 1 aliphatic rings. The van der Waals surface area contributed by atoms with E-state index in [9.17, 15) is 4.79 Å². The van der Waals surface area contributed by atoms with Crippen LogP contribution in [0.25, 0.3) is 10.9 Å². The van der Waals surface area contributed by atoms with Crippen LogP contribution in [0.5, 0.6) is 0 Å². The van der Waals surface area contributed by atoms with Crippen LogP contribution in [0.1, 0.15) is 59.8 Å². The number of rotatable bonds is 3. The number of ketones is 1. The first-order chi connectivity index (χ1) is 9.20. The van der Waals surface area contributed by atoms with E-state index in [1.165, 1.54) is 30.4 Å². The second-order valence-electron chi connectivity index (χ2n) is 5.67. The summed E-state index contributed by atoms with van der Waals surface area (Å²) in [7, 11) is 0. The molecular formula is C17H21NO. The lowest BCUT2D eigenvalue weighted by Gasteiger charge is -2.15. The Bertz CT molecular complexity index is 636. The molecule has 0 saturated heterocycles. The molecule has 0 radical (unpaired) electrons. The van der Waals surface area contributed by atoms with Gasteiger partial charge in [-0.15, -0.1) is 0 Å². The third kappa shape index (κ3) is 2.09. The van der Waals surface area contributed by atoms with Gasteiger partial charge in [-0.05, 0) is 62.3 Å². The molecule has 2 aromatic rings. The molecule has 0 saturated carbocycles. The number of hydrogen-bond acceptors (Lipinski definition) is 1. The number of Topliss-reactive ketones (excluding diaryl/α,β-unsaturated/α-hetero) is 1. The minimum atomic E-state index is 0.280. The fourth-order valence-corrected chi connectivity index (χ4v) is 3.27. The zero-order chi connectivity index (χ0) is 13.4. The van der Waals surface area contributed by atoms with Gasteiger partial charge in [-0.1, -0.05) is 6.92 Å². The highest BCUT2D eigenvalue weighted by Gasteiger charge is 2.18. The Balaban J connectivity index is 2.17. The van der Waals surface area contributed by atoms with Crippen LogP contribution in [0.15, 0.2) is 12.1 Å². The van der Waals surface area contributed by atoms with Crippen LogP contribution in [-0.4, -0.2) is 10.8 Å². The Morgan fingerprint density at radius 2 is 1.89 bits per heavy atom. The maximum absolute atomic E-state index is 12.3. The molecule has 19 heavy (non-hydrogen) atoms. The second-order valence-corrected chi connectivity index (χ2v) is 5.67. The minimum Gasteiger partial charge on any atom is -0.358 e. The predicted molar refractivity (Wildman–Crippen MR) is 78.9 cm³/mol. The maximum atomic E-state index is 12.3. The van der Waals surface area contributed by atoms with E-state index in [-0.39, 0.29) is 5.78 Å². The molecular weight excluding hydrogens is 234 g/mol. The van der Waals surface area contributed by atoms with Crippen molar-refractivity contribution in [1.82, 2.24) is 4.98 Å². The summed E-state index contributed by atoms with van der Waals surface area (Å²) in [4.78, 5) is 15.7. The lowest BCUT2D eigenvalue weighted by atomic mass is 9.89. The highest BCUT2D eigenvalue weighted by Crippen LogP contribution is 2.30. The fraction of sp³-hybridized carbons (Fsp3) is 0.471. The van der Waals surface area contributed by atoms with Crippen molar-refractivity contribution in [3.8, 4) is 0 Å². The van der Waals surface area contributed by atoms with Gasteiger partial charge in [0, 0.05) is 28.6 Å². The monoisotopic (exact) mass is 255 g/mol. The number of benzene rings is 1. The first-order valence-electron chi connectivity index (χ1n) is 7.38. The van der Waals surface area contributed by atoms with Crippen molar-refractivity contribution in [2.24, 2.45) is 0 Å². The first-order valence-corrected chi connectivity index (χ1v) is 7.38. The molecule has 3 rings (SSSR count). The van der Waals surface area contributed by atoms with Crippen LogP contribution in [0.3, 0.4) is 0 Å². The number of aryl methyl sites for hydroxylation is 3. The molecule has 1 heterocycles. The molecule has 2 nitrogen and oxygen atoms in total. The number of fused-ring (bicyclic) bond motifs is 2. The van der Waals surface area contributed by atoms with E-state index in [0.29, 0.717) is 6.42 Å². The Hall–Kier alpha value is -1.57. The molecule has 0 unspecified atom stereocenters. The van der Waals surface area contributed by atoms with Gasteiger partial charge in [-0.3, -0.25) is 4.79 Å². The number of hydrogen-bond donors (Lipinski definition) is 1. The summed E-state index contributed by atoms with van der Waals surface area (Å²) >= 11 is 0. The third-order valence-electron chi connectivity index (χ3n) is 4.20. The van der Waals surface area contributed by atoms with Crippen molar-refractivity contribution in [1.29, 1.82) is 0 Å². The molecule has 0 spiro atoms. The summed E-state index contributed by atoms with van der Waals surface area (Å²) in [5.74, 6) is 0.280. The minimum absolute atomic E-state index is 0.280. The molecule has 0 atom stereocenters. The Kier molecular flexibility index (Phi) is 3.17. The lowest BCUT2D eigenvalue weighted by molar-refractivity contribution is 0.0983. The zero-order valence-corrected chi connectivity index (χ0v) is 11.8. The van der Waals surface area contributed by atoms with E-state index in [1.54, 1.807) is 0 Å². The van der Waals surface area contributed by atoms with Crippen LogP contribution in [0.2, 0.25) is 0 Å². The molecule has 1 aromatic carbocycles. The van der Waals surface area contributed by atoms with Gasteiger partial charge in [0.2, 0.25) is 0 Å². The molecule has 1 N–H and O–H groups in total. The van der Waals surface area contributed by atoms with Crippen molar-refractivity contribution < 1.29 is 4.79 Å². The summed E-state index contributed by atoms with van der Waals surface area (Å²) in [5, 5.41) is 1.14. The second kappa shape index (κ2) is 4.84. The molecule has 1 aliphatic carbocycles. The Morgan fingerprint density at radius 1 is 1.21 bits per heavy atom. The van der Waals surface area contributed by atoms with Crippen molar-refractivity contribution in [2.75, 3.05) is 0 Å². The average molecular weight is 255 g/mol. The van der Waals surface area contributed by atoms with Gasteiger partial charge in [-0.25, -0.2) is 0 Å². The van der Waals surface area contributed by atoms with Crippen LogP contribution in [0.4, 0.5) is 0 Å². The average Bonchev–Trinajstić information content (AvgIpc) is 2.71. The van der Waals surface area contributed by atoms with Gasteiger partial charge in [0.1, 0.15) is 0 Å². The third-order valence-corrected chi connectivity index (χ3v) is 4.20. The fourth-order valence-electron chi connectivity index (χ4n) is 3.27. The zero-order valence-electron chi connectivity index (χ0n) is 11.8. The van der Waals surface area contributed by atoms with Gasteiger partial charge in [0.15, 0.2) is 5.78 Å². The summed E-state index contributed by atoms with van der Waals surface area (Å²) < 4.78 is 0. The van der Waals surface area contributed by atoms with E-state index in [0.717, 1.165) is 35.0 Å². The highest BCUT2D eigenvalue weighted by atomic mass is 16.1. The molecule has 0 amide bonds. The van der Waals surface area contributed by atoms with Crippen LogP contribution in [-0.2, 0) is 12.8 Å². The number of aromatic nitrogens is 1. The molecule has 0 bridgehead atoms. The maximum Gasteiger partial charge on any atom is 0.165 e. The number of nitrogens with one attached hydrogen (secondary N) is 1.